The Kier molecular flexibility index (Phi) is 2.95. The van der Waals surface area contributed by atoms with Gasteiger partial charge < -0.3 is 10.6 Å². The standard InChI is InChI=1S/C13H16N2O/c1-3-11-9(2)14-13(16)15-12(11)10-7-5-4-6-8-10/h4-8,12H,3H2,1-2H3,(H2,14,15,16). The van der Waals surface area contributed by atoms with Crippen molar-refractivity contribution in [3.63, 3.8) is 0 Å². The molecule has 1 aromatic rings. The van der Waals surface area contributed by atoms with Gasteiger partial charge in [-0.15, -0.1) is 0 Å². The predicted octanol–water partition coefficient (Wildman–Crippen LogP) is 2.72. The van der Waals surface area contributed by atoms with E-state index in [-0.39, 0.29) is 12.1 Å². The van der Waals surface area contributed by atoms with Crippen LogP contribution < -0.4 is 10.6 Å². The summed E-state index contributed by atoms with van der Waals surface area (Å²) >= 11 is 0. The Labute approximate surface area is 95.6 Å². The van der Waals surface area contributed by atoms with E-state index in [4.69, 9.17) is 0 Å². The second kappa shape index (κ2) is 4.39. The number of carbonyl (C=O) groups is 1. The maximum atomic E-state index is 11.5. The number of allylic oxidation sites excluding steroid dienone is 1. The number of benzene rings is 1. The van der Waals surface area contributed by atoms with Crippen molar-refractivity contribution >= 4 is 6.03 Å². The molecule has 84 valence electrons. The van der Waals surface area contributed by atoms with Gasteiger partial charge in [0.25, 0.3) is 0 Å². The second-order valence-electron chi connectivity index (χ2n) is 3.95. The fourth-order valence-electron chi connectivity index (χ4n) is 2.12. The minimum absolute atomic E-state index is 0.0138. The molecule has 3 heteroatoms. The van der Waals surface area contributed by atoms with Gasteiger partial charge in [-0.3, -0.25) is 0 Å². The van der Waals surface area contributed by atoms with Gasteiger partial charge in [0.1, 0.15) is 0 Å². The third-order valence-corrected chi connectivity index (χ3v) is 2.92. The van der Waals surface area contributed by atoms with Crippen molar-refractivity contribution in [2.45, 2.75) is 26.3 Å². The monoisotopic (exact) mass is 216 g/mol. The lowest BCUT2D eigenvalue weighted by molar-refractivity contribution is 0.238. The first-order valence-electron chi connectivity index (χ1n) is 5.54. The minimum atomic E-state index is -0.122. The van der Waals surface area contributed by atoms with Crippen LogP contribution in [0, 0.1) is 0 Å². The van der Waals surface area contributed by atoms with Crippen LogP contribution in [0.1, 0.15) is 31.9 Å². The summed E-state index contributed by atoms with van der Waals surface area (Å²) in [6, 6.07) is 9.94. The van der Waals surface area contributed by atoms with Crippen molar-refractivity contribution in [2.75, 3.05) is 0 Å². The van der Waals surface area contributed by atoms with E-state index in [1.807, 2.05) is 37.3 Å². The van der Waals surface area contributed by atoms with E-state index < -0.39 is 0 Å². The molecular weight excluding hydrogens is 200 g/mol. The second-order valence-corrected chi connectivity index (χ2v) is 3.95. The molecule has 0 saturated heterocycles. The molecule has 0 radical (unpaired) electrons. The summed E-state index contributed by atoms with van der Waals surface area (Å²) in [5.74, 6) is 0. The lowest BCUT2D eigenvalue weighted by atomic mass is 9.94. The molecule has 1 aliphatic heterocycles. The Morgan fingerprint density at radius 2 is 1.94 bits per heavy atom. The lowest BCUT2D eigenvalue weighted by Gasteiger charge is -2.28. The molecule has 1 atom stereocenters. The first-order valence-corrected chi connectivity index (χ1v) is 5.54. The van der Waals surface area contributed by atoms with Crippen LogP contribution in [-0.4, -0.2) is 6.03 Å². The Morgan fingerprint density at radius 3 is 2.56 bits per heavy atom. The largest absolute Gasteiger partial charge is 0.327 e. The summed E-state index contributed by atoms with van der Waals surface area (Å²) in [6.07, 6.45) is 0.929. The highest BCUT2D eigenvalue weighted by Crippen LogP contribution is 2.28. The van der Waals surface area contributed by atoms with Crippen LogP contribution in [-0.2, 0) is 0 Å². The normalized spacial score (nSPS) is 20.4. The average molecular weight is 216 g/mol. The van der Waals surface area contributed by atoms with Gasteiger partial charge in [-0.2, -0.15) is 0 Å². The SMILES string of the molecule is CCC1=C(C)NC(=O)NC1c1ccccc1. The first kappa shape index (κ1) is 10.7. The van der Waals surface area contributed by atoms with E-state index in [0.717, 1.165) is 17.7 Å². The van der Waals surface area contributed by atoms with Gasteiger partial charge in [0.2, 0.25) is 0 Å². The summed E-state index contributed by atoms with van der Waals surface area (Å²) < 4.78 is 0. The highest BCUT2D eigenvalue weighted by Gasteiger charge is 2.24. The molecule has 0 aliphatic carbocycles. The van der Waals surface area contributed by atoms with E-state index >= 15 is 0 Å². The smallest absolute Gasteiger partial charge is 0.319 e. The Balaban J connectivity index is 2.39. The number of nitrogens with one attached hydrogen (secondary N) is 2. The van der Waals surface area contributed by atoms with Crippen LogP contribution in [0.2, 0.25) is 0 Å². The molecule has 1 aromatic carbocycles. The molecule has 2 amide bonds. The number of urea groups is 1. The summed E-state index contributed by atoms with van der Waals surface area (Å²) in [7, 11) is 0. The van der Waals surface area contributed by atoms with Crippen molar-refractivity contribution in [1.82, 2.24) is 10.6 Å². The third kappa shape index (κ3) is 1.94. The number of hydrogen-bond acceptors (Lipinski definition) is 1. The van der Waals surface area contributed by atoms with Crippen molar-refractivity contribution in [3.8, 4) is 0 Å². The van der Waals surface area contributed by atoms with Gasteiger partial charge in [-0.05, 0) is 24.5 Å². The van der Waals surface area contributed by atoms with Gasteiger partial charge in [0, 0.05) is 5.70 Å². The number of amides is 2. The molecule has 0 aromatic heterocycles. The van der Waals surface area contributed by atoms with Crippen LogP contribution in [0.15, 0.2) is 41.6 Å². The molecule has 3 nitrogen and oxygen atoms in total. The lowest BCUT2D eigenvalue weighted by Crippen LogP contribution is -2.43. The molecule has 16 heavy (non-hydrogen) atoms. The van der Waals surface area contributed by atoms with E-state index in [0.29, 0.717) is 0 Å². The molecule has 0 saturated carbocycles. The van der Waals surface area contributed by atoms with E-state index in [9.17, 15) is 4.79 Å². The van der Waals surface area contributed by atoms with Gasteiger partial charge in [-0.25, -0.2) is 4.79 Å². The van der Waals surface area contributed by atoms with Crippen LogP contribution in [0.5, 0.6) is 0 Å². The Hall–Kier alpha value is -1.77. The molecule has 0 fully saturated rings. The highest BCUT2D eigenvalue weighted by atomic mass is 16.2. The van der Waals surface area contributed by atoms with Crippen LogP contribution in [0.4, 0.5) is 4.79 Å². The molecule has 0 bridgehead atoms. The van der Waals surface area contributed by atoms with E-state index in [1.165, 1.54) is 5.57 Å². The zero-order valence-corrected chi connectivity index (χ0v) is 9.58. The van der Waals surface area contributed by atoms with Crippen LogP contribution >= 0.6 is 0 Å². The first-order chi connectivity index (χ1) is 7.72. The van der Waals surface area contributed by atoms with Crippen LogP contribution in [0.25, 0.3) is 0 Å². The van der Waals surface area contributed by atoms with Crippen LogP contribution in [0.3, 0.4) is 0 Å². The fourth-order valence-corrected chi connectivity index (χ4v) is 2.12. The number of carbonyl (C=O) groups excluding carboxylic acids is 1. The third-order valence-electron chi connectivity index (χ3n) is 2.92. The van der Waals surface area contributed by atoms with Gasteiger partial charge >= 0.3 is 6.03 Å². The molecular formula is C13H16N2O. The summed E-state index contributed by atoms with van der Waals surface area (Å²) in [5.41, 5.74) is 3.35. The Morgan fingerprint density at radius 1 is 1.25 bits per heavy atom. The zero-order chi connectivity index (χ0) is 11.5. The molecule has 1 heterocycles. The minimum Gasteiger partial charge on any atom is -0.327 e. The Bertz CT molecular complexity index is 423. The van der Waals surface area contributed by atoms with Crippen molar-refractivity contribution in [1.29, 1.82) is 0 Å². The fraction of sp³-hybridized carbons (Fsp3) is 0.308. The van der Waals surface area contributed by atoms with Crippen molar-refractivity contribution in [3.05, 3.63) is 47.2 Å². The molecule has 1 unspecified atom stereocenters. The zero-order valence-electron chi connectivity index (χ0n) is 9.58. The van der Waals surface area contributed by atoms with E-state index in [2.05, 4.69) is 17.6 Å². The topological polar surface area (TPSA) is 41.1 Å². The maximum Gasteiger partial charge on any atom is 0.319 e. The summed E-state index contributed by atoms with van der Waals surface area (Å²) in [6.45, 7) is 4.06. The average Bonchev–Trinajstić information content (AvgIpc) is 2.29. The highest BCUT2D eigenvalue weighted by molar-refractivity contribution is 5.78. The van der Waals surface area contributed by atoms with E-state index in [1.54, 1.807) is 0 Å². The summed E-state index contributed by atoms with van der Waals surface area (Å²) in [5, 5.41) is 5.77. The quantitative estimate of drug-likeness (QED) is 0.784. The maximum absolute atomic E-state index is 11.5. The molecule has 2 rings (SSSR count). The molecule has 2 N–H and O–H groups in total. The predicted molar refractivity (Wildman–Crippen MR) is 63.8 cm³/mol. The van der Waals surface area contributed by atoms with Gasteiger partial charge in [0.15, 0.2) is 0 Å². The molecule has 1 aliphatic rings. The van der Waals surface area contributed by atoms with Crippen molar-refractivity contribution in [2.24, 2.45) is 0 Å². The van der Waals surface area contributed by atoms with Gasteiger partial charge in [0.05, 0.1) is 6.04 Å². The molecule has 0 spiro atoms. The van der Waals surface area contributed by atoms with Crippen molar-refractivity contribution < 1.29 is 4.79 Å². The number of hydrogen-bond donors (Lipinski definition) is 2. The number of rotatable bonds is 2. The van der Waals surface area contributed by atoms with Gasteiger partial charge in [-0.1, -0.05) is 37.3 Å². The summed E-state index contributed by atoms with van der Waals surface area (Å²) in [4.78, 5) is 11.5.